The van der Waals surface area contributed by atoms with Gasteiger partial charge in [0.25, 0.3) is 0 Å². The maximum absolute atomic E-state index is 14.0. The Morgan fingerprint density at radius 3 is 2.31 bits per heavy atom. The Morgan fingerprint density at radius 2 is 1.60 bits per heavy atom. The molecule has 9 nitrogen and oxygen atoms in total. The molecule has 3 aromatic rings. The highest BCUT2D eigenvalue weighted by Gasteiger charge is 2.53. The van der Waals surface area contributed by atoms with Crippen molar-refractivity contribution in [1.29, 1.82) is 0 Å². The number of hydrogen-bond acceptors (Lipinski definition) is 5. The van der Waals surface area contributed by atoms with Crippen LogP contribution in [0.4, 0.5) is 21.9 Å². The van der Waals surface area contributed by atoms with E-state index in [1.54, 1.807) is 25.7 Å². The van der Waals surface area contributed by atoms with Crippen LogP contribution in [0.2, 0.25) is 0 Å². The smallest absolute Gasteiger partial charge is 0.322 e. The summed E-state index contributed by atoms with van der Waals surface area (Å²) in [4.78, 5) is 42.0. The lowest BCUT2D eigenvalue weighted by Crippen LogP contribution is -2.61. The molecule has 1 unspecified atom stereocenters. The van der Waals surface area contributed by atoms with Crippen LogP contribution in [0, 0.1) is 11.3 Å². The summed E-state index contributed by atoms with van der Waals surface area (Å²) in [5.41, 5.74) is 9.30. The molecule has 1 fully saturated rings. The Labute approximate surface area is 246 Å². The molecule has 1 saturated heterocycles. The number of urea groups is 1. The number of nitrogens with one attached hydrogen (secondary N) is 3. The SMILES string of the molecule is CC(C)(N)C(C)(C(=O)Nc1ccc(-c2ccccc2NC(=O)N2CCOCC2)cc1)[C@H]1CCc2ccccc2NC1=O. The highest BCUT2D eigenvalue weighted by atomic mass is 16.5. The van der Waals surface area contributed by atoms with Crippen molar-refractivity contribution in [2.75, 3.05) is 42.3 Å². The zero-order valence-electron chi connectivity index (χ0n) is 24.4. The number of rotatable bonds is 6. The molecule has 2 atom stereocenters. The van der Waals surface area contributed by atoms with Crippen molar-refractivity contribution in [2.24, 2.45) is 17.1 Å². The fraction of sp³-hybridized carbons (Fsp3) is 0.364. The summed E-state index contributed by atoms with van der Waals surface area (Å²) in [5, 5.41) is 9.07. The van der Waals surface area contributed by atoms with Crippen molar-refractivity contribution in [3.63, 3.8) is 0 Å². The molecule has 0 radical (unpaired) electrons. The zero-order valence-corrected chi connectivity index (χ0v) is 24.4. The second kappa shape index (κ2) is 12.0. The Morgan fingerprint density at radius 1 is 0.929 bits per heavy atom. The van der Waals surface area contributed by atoms with Gasteiger partial charge >= 0.3 is 6.03 Å². The van der Waals surface area contributed by atoms with Gasteiger partial charge in [0.1, 0.15) is 0 Å². The average Bonchev–Trinajstić information content (AvgIpc) is 3.15. The van der Waals surface area contributed by atoms with Crippen LogP contribution >= 0.6 is 0 Å². The van der Waals surface area contributed by atoms with Crippen molar-refractivity contribution in [1.82, 2.24) is 4.90 Å². The summed E-state index contributed by atoms with van der Waals surface area (Å²) in [5.74, 6) is -1.15. The van der Waals surface area contributed by atoms with Gasteiger partial charge in [0.2, 0.25) is 11.8 Å². The molecule has 0 aliphatic carbocycles. The van der Waals surface area contributed by atoms with E-state index >= 15 is 0 Å². The number of anilines is 3. The van der Waals surface area contributed by atoms with Crippen molar-refractivity contribution >= 4 is 34.9 Å². The maximum atomic E-state index is 14.0. The van der Waals surface area contributed by atoms with Gasteiger partial charge in [-0.25, -0.2) is 4.79 Å². The summed E-state index contributed by atoms with van der Waals surface area (Å²) in [7, 11) is 0. The van der Waals surface area contributed by atoms with E-state index in [0.717, 1.165) is 22.4 Å². The Balaban J connectivity index is 1.34. The molecule has 2 heterocycles. The Hall–Kier alpha value is -4.21. The molecule has 0 bridgehead atoms. The molecule has 0 aromatic heterocycles. The van der Waals surface area contributed by atoms with E-state index in [1.165, 1.54) is 0 Å². The molecule has 2 aliphatic rings. The van der Waals surface area contributed by atoms with Gasteiger partial charge in [0.15, 0.2) is 0 Å². The monoisotopic (exact) mass is 569 g/mol. The summed E-state index contributed by atoms with van der Waals surface area (Å²) in [6.45, 7) is 7.53. The van der Waals surface area contributed by atoms with E-state index < -0.39 is 16.9 Å². The normalized spacial score (nSPS) is 18.6. The predicted octanol–water partition coefficient (Wildman–Crippen LogP) is 5.10. The molecule has 42 heavy (non-hydrogen) atoms. The van der Waals surface area contributed by atoms with Gasteiger partial charge in [-0.2, -0.15) is 0 Å². The second-order valence-corrected chi connectivity index (χ2v) is 11.8. The second-order valence-electron chi connectivity index (χ2n) is 11.8. The third kappa shape index (κ3) is 5.89. The lowest BCUT2D eigenvalue weighted by Gasteiger charge is -2.44. The van der Waals surface area contributed by atoms with E-state index in [0.29, 0.717) is 50.5 Å². The maximum Gasteiger partial charge on any atom is 0.322 e. The van der Waals surface area contributed by atoms with Gasteiger partial charge < -0.3 is 31.3 Å². The van der Waals surface area contributed by atoms with Gasteiger partial charge in [-0.15, -0.1) is 0 Å². The van der Waals surface area contributed by atoms with Gasteiger partial charge in [-0.1, -0.05) is 48.5 Å². The first-order valence-electron chi connectivity index (χ1n) is 14.4. The number of amides is 4. The molecule has 4 amide bonds. The zero-order chi connectivity index (χ0) is 29.9. The number of carbonyl (C=O) groups excluding carboxylic acids is 3. The highest BCUT2D eigenvalue weighted by Crippen LogP contribution is 2.43. The van der Waals surface area contributed by atoms with Gasteiger partial charge in [-0.05, 0) is 69.0 Å². The first kappa shape index (κ1) is 29.3. The molecular weight excluding hydrogens is 530 g/mol. The summed E-state index contributed by atoms with van der Waals surface area (Å²) >= 11 is 0. The summed E-state index contributed by atoms with van der Waals surface area (Å²) in [6, 6.07) is 22.6. The van der Waals surface area contributed by atoms with E-state index in [9.17, 15) is 14.4 Å². The molecular formula is C33H39N5O4. The van der Waals surface area contributed by atoms with Crippen molar-refractivity contribution in [3.8, 4) is 11.1 Å². The largest absolute Gasteiger partial charge is 0.378 e. The number of benzene rings is 3. The van der Waals surface area contributed by atoms with Crippen LogP contribution in [0.5, 0.6) is 0 Å². The first-order chi connectivity index (χ1) is 20.1. The fourth-order valence-corrected chi connectivity index (χ4v) is 5.76. The topological polar surface area (TPSA) is 126 Å². The van der Waals surface area contributed by atoms with Crippen LogP contribution in [0.1, 0.15) is 32.8 Å². The number of morpholine rings is 1. The van der Waals surface area contributed by atoms with E-state index in [1.807, 2.05) is 72.8 Å². The minimum Gasteiger partial charge on any atom is -0.378 e. The third-order valence-corrected chi connectivity index (χ3v) is 8.72. The van der Waals surface area contributed by atoms with Crippen molar-refractivity contribution in [3.05, 3.63) is 78.4 Å². The fourth-order valence-electron chi connectivity index (χ4n) is 5.76. The Bertz CT molecular complexity index is 1460. The summed E-state index contributed by atoms with van der Waals surface area (Å²) < 4.78 is 5.35. The lowest BCUT2D eigenvalue weighted by molar-refractivity contribution is -0.139. The third-order valence-electron chi connectivity index (χ3n) is 8.72. The quantitative estimate of drug-likeness (QED) is 0.329. The minimum atomic E-state index is -1.20. The number of ether oxygens (including phenoxy) is 1. The molecule has 2 aliphatic heterocycles. The molecule has 0 spiro atoms. The van der Waals surface area contributed by atoms with Gasteiger partial charge in [-0.3, -0.25) is 9.59 Å². The number of hydrogen-bond donors (Lipinski definition) is 4. The summed E-state index contributed by atoms with van der Waals surface area (Å²) in [6.07, 6.45) is 1.16. The molecule has 9 heteroatoms. The van der Waals surface area contributed by atoms with E-state index in [-0.39, 0.29) is 17.8 Å². The Kier molecular flexibility index (Phi) is 8.34. The van der Waals surface area contributed by atoms with Crippen LogP contribution in [-0.2, 0) is 20.7 Å². The highest BCUT2D eigenvalue weighted by molar-refractivity contribution is 6.03. The predicted molar refractivity (Wildman–Crippen MR) is 165 cm³/mol. The minimum absolute atomic E-state index is 0.163. The molecule has 5 N–H and O–H groups in total. The molecule has 220 valence electrons. The molecule has 5 rings (SSSR count). The van der Waals surface area contributed by atoms with Crippen LogP contribution in [0.3, 0.4) is 0 Å². The molecule has 0 saturated carbocycles. The number of nitrogens with zero attached hydrogens (tertiary/aromatic N) is 1. The van der Waals surface area contributed by atoms with Crippen molar-refractivity contribution in [2.45, 2.75) is 39.2 Å². The van der Waals surface area contributed by atoms with Crippen LogP contribution in [0.25, 0.3) is 11.1 Å². The number of carbonyl (C=O) groups is 3. The average molecular weight is 570 g/mol. The van der Waals surface area contributed by atoms with Crippen LogP contribution in [-0.4, -0.2) is 54.6 Å². The first-order valence-corrected chi connectivity index (χ1v) is 14.4. The van der Waals surface area contributed by atoms with Gasteiger partial charge in [0.05, 0.1) is 30.2 Å². The van der Waals surface area contributed by atoms with E-state index in [2.05, 4.69) is 16.0 Å². The van der Waals surface area contributed by atoms with Gasteiger partial charge in [0, 0.05) is 35.6 Å². The van der Waals surface area contributed by atoms with Crippen molar-refractivity contribution < 1.29 is 19.1 Å². The van der Waals surface area contributed by atoms with Crippen LogP contribution in [0.15, 0.2) is 72.8 Å². The number of fused-ring (bicyclic) bond motifs is 1. The lowest BCUT2D eigenvalue weighted by atomic mass is 9.62. The van der Waals surface area contributed by atoms with Crippen LogP contribution < -0.4 is 21.7 Å². The standard InChI is InChI=1S/C33H39N5O4/c1-32(2,34)33(3,26-17-14-23-8-4-6-10-27(23)36-29(26)39)30(40)35-24-15-12-22(13-16-24)25-9-5-7-11-28(25)37-31(41)38-18-20-42-21-19-38/h4-13,15-16,26H,14,17-21,34H2,1-3H3,(H,35,40)(H,36,39)(H,37,41)/t26-,33?/m0/s1. The van der Waals surface area contributed by atoms with E-state index in [4.69, 9.17) is 10.5 Å². The number of nitrogens with two attached hydrogens (primary N) is 1. The number of aryl methyl sites for hydroxylation is 1. The number of para-hydroxylation sites is 2. The molecule has 3 aromatic carbocycles.